The quantitative estimate of drug-likeness (QED) is 0.443. The van der Waals surface area contributed by atoms with E-state index in [1.165, 1.54) is 4.57 Å². The highest BCUT2D eigenvalue weighted by atomic mass is 35.5. The molecule has 1 aromatic heterocycles. The van der Waals surface area contributed by atoms with Gasteiger partial charge in [-0.1, -0.05) is 29.8 Å². The van der Waals surface area contributed by atoms with Crippen LogP contribution in [0.1, 0.15) is 15.9 Å². The molecule has 3 aromatic carbocycles. The lowest BCUT2D eigenvalue weighted by Gasteiger charge is -2.11. The van der Waals surface area contributed by atoms with Gasteiger partial charge in [0.15, 0.2) is 4.77 Å². The van der Waals surface area contributed by atoms with Gasteiger partial charge < -0.3 is 10.3 Å². The van der Waals surface area contributed by atoms with E-state index >= 15 is 0 Å². The first-order valence-electron chi connectivity index (χ1n) is 8.86. The second kappa shape index (κ2) is 7.66. The van der Waals surface area contributed by atoms with Crippen molar-refractivity contribution in [2.45, 2.75) is 6.92 Å². The molecule has 2 N–H and O–H groups in total. The van der Waals surface area contributed by atoms with Crippen LogP contribution < -0.4 is 10.9 Å². The number of anilines is 1. The van der Waals surface area contributed by atoms with Crippen LogP contribution >= 0.6 is 23.8 Å². The Kier molecular flexibility index (Phi) is 5.05. The van der Waals surface area contributed by atoms with Crippen molar-refractivity contribution in [1.82, 2.24) is 9.55 Å². The molecule has 5 nitrogen and oxygen atoms in total. The highest BCUT2D eigenvalue weighted by Gasteiger charge is 2.12. The number of H-pyrrole nitrogens is 1. The summed E-state index contributed by atoms with van der Waals surface area (Å²) in [5.41, 5.74) is 2.89. The van der Waals surface area contributed by atoms with Crippen molar-refractivity contribution < 1.29 is 4.79 Å². The van der Waals surface area contributed by atoms with Crippen molar-refractivity contribution >= 4 is 46.3 Å². The highest BCUT2D eigenvalue weighted by Crippen LogP contribution is 2.21. The van der Waals surface area contributed by atoms with Crippen molar-refractivity contribution in [2.24, 2.45) is 0 Å². The first kappa shape index (κ1) is 19.1. The van der Waals surface area contributed by atoms with E-state index < -0.39 is 0 Å². The van der Waals surface area contributed by atoms with Crippen molar-refractivity contribution in [1.29, 1.82) is 0 Å². The molecule has 29 heavy (non-hydrogen) atoms. The number of para-hydroxylation sites is 1. The average molecular weight is 422 g/mol. The zero-order valence-electron chi connectivity index (χ0n) is 15.4. The Balaban J connectivity index is 1.74. The number of aromatic nitrogens is 2. The Hall–Kier alpha value is -3.22. The number of aryl methyl sites for hydroxylation is 1. The SMILES string of the molecule is Cc1cc(Cl)ccc1NC(=O)c1ccc2c(=O)n(-c3ccccc3)c(=S)[nH]c2c1. The number of carbonyl (C=O) groups is 1. The van der Waals surface area contributed by atoms with Gasteiger partial charge in [-0.15, -0.1) is 0 Å². The Labute approximate surface area is 176 Å². The minimum Gasteiger partial charge on any atom is -0.331 e. The number of benzene rings is 3. The van der Waals surface area contributed by atoms with E-state index in [4.69, 9.17) is 23.8 Å². The predicted octanol–water partition coefficient (Wildman–Crippen LogP) is 5.26. The third-order valence-corrected chi connectivity index (χ3v) is 5.13. The molecule has 144 valence electrons. The number of halogens is 1. The number of rotatable bonds is 3. The third kappa shape index (κ3) is 3.72. The average Bonchev–Trinajstić information content (AvgIpc) is 2.70. The second-order valence-corrected chi connectivity index (χ2v) is 7.40. The topological polar surface area (TPSA) is 66.9 Å². The van der Waals surface area contributed by atoms with Gasteiger partial charge in [0.05, 0.1) is 16.6 Å². The molecule has 0 aliphatic heterocycles. The monoisotopic (exact) mass is 421 g/mol. The summed E-state index contributed by atoms with van der Waals surface area (Å²) in [7, 11) is 0. The molecule has 1 heterocycles. The molecule has 4 rings (SSSR count). The van der Waals surface area contributed by atoms with Gasteiger partial charge in [0, 0.05) is 16.3 Å². The van der Waals surface area contributed by atoms with Crippen molar-refractivity contribution in [2.75, 3.05) is 5.32 Å². The highest BCUT2D eigenvalue weighted by molar-refractivity contribution is 7.71. The lowest BCUT2D eigenvalue weighted by Crippen LogP contribution is -2.21. The number of nitrogens with zero attached hydrogens (tertiary/aromatic N) is 1. The van der Waals surface area contributed by atoms with Crippen LogP contribution in [0.25, 0.3) is 16.6 Å². The summed E-state index contributed by atoms with van der Waals surface area (Å²) in [5, 5.41) is 3.92. The molecule has 0 atom stereocenters. The maximum Gasteiger partial charge on any atom is 0.266 e. The van der Waals surface area contributed by atoms with Crippen LogP contribution in [0.15, 0.2) is 71.5 Å². The number of hydrogen-bond acceptors (Lipinski definition) is 3. The maximum atomic E-state index is 13.0. The molecule has 0 spiro atoms. The molecule has 0 aliphatic rings. The summed E-state index contributed by atoms with van der Waals surface area (Å²) in [6.45, 7) is 1.87. The minimum atomic E-state index is -0.288. The zero-order chi connectivity index (χ0) is 20.5. The molecule has 0 radical (unpaired) electrons. The van der Waals surface area contributed by atoms with Crippen LogP contribution in [-0.4, -0.2) is 15.5 Å². The molecule has 0 saturated heterocycles. The molecule has 0 aliphatic carbocycles. The van der Waals surface area contributed by atoms with Gasteiger partial charge in [-0.05, 0) is 73.2 Å². The van der Waals surface area contributed by atoms with Crippen LogP contribution in [0, 0.1) is 11.7 Å². The maximum absolute atomic E-state index is 13.0. The van der Waals surface area contributed by atoms with E-state index in [-0.39, 0.29) is 16.2 Å². The van der Waals surface area contributed by atoms with Gasteiger partial charge in [0.1, 0.15) is 0 Å². The Morgan fingerprint density at radius 3 is 2.55 bits per heavy atom. The number of aromatic amines is 1. The van der Waals surface area contributed by atoms with Gasteiger partial charge in [0.2, 0.25) is 0 Å². The molecule has 7 heteroatoms. The van der Waals surface area contributed by atoms with Gasteiger partial charge in [0.25, 0.3) is 11.5 Å². The normalized spacial score (nSPS) is 10.8. The third-order valence-electron chi connectivity index (χ3n) is 4.61. The Morgan fingerprint density at radius 2 is 1.83 bits per heavy atom. The summed E-state index contributed by atoms with van der Waals surface area (Å²) >= 11 is 11.4. The zero-order valence-corrected chi connectivity index (χ0v) is 17.0. The molecular formula is C22H16ClN3O2S. The molecule has 0 fully saturated rings. The smallest absolute Gasteiger partial charge is 0.266 e. The van der Waals surface area contributed by atoms with Gasteiger partial charge in [-0.25, -0.2) is 0 Å². The minimum absolute atomic E-state index is 0.240. The molecule has 0 saturated carbocycles. The van der Waals surface area contributed by atoms with Crippen molar-refractivity contribution in [3.8, 4) is 5.69 Å². The fourth-order valence-electron chi connectivity index (χ4n) is 3.13. The van der Waals surface area contributed by atoms with Crippen LogP contribution in [0.3, 0.4) is 0 Å². The Morgan fingerprint density at radius 1 is 1.07 bits per heavy atom. The lowest BCUT2D eigenvalue weighted by atomic mass is 10.1. The van der Waals surface area contributed by atoms with Crippen molar-refractivity contribution in [3.05, 3.63) is 98.0 Å². The fourth-order valence-corrected chi connectivity index (χ4v) is 3.66. The van der Waals surface area contributed by atoms with Gasteiger partial charge in [-0.3, -0.25) is 14.2 Å². The molecular weight excluding hydrogens is 406 g/mol. The Bertz CT molecular complexity index is 1360. The molecule has 0 unspecified atom stereocenters. The van der Waals surface area contributed by atoms with Crippen LogP contribution in [0.4, 0.5) is 5.69 Å². The predicted molar refractivity (Wildman–Crippen MR) is 119 cm³/mol. The molecule has 0 bridgehead atoms. The largest absolute Gasteiger partial charge is 0.331 e. The first-order chi connectivity index (χ1) is 13.9. The fraction of sp³-hybridized carbons (Fsp3) is 0.0455. The second-order valence-electron chi connectivity index (χ2n) is 6.58. The molecule has 4 aromatic rings. The number of amides is 1. The van der Waals surface area contributed by atoms with Crippen LogP contribution in [-0.2, 0) is 0 Å². The van der Waals surface area contributed by atoms with Crippen LogP contribution in [0.5, 0.6) is 0 Å². The van der Waals surface area contributed by atoms with Gasteiger partial charge in [-0.2, -0.15) is 0 Å². The summed E-state index contributed by atoms with van der Waals surface area (Å²) in [6.07, 6.45) is 0. The summed E-state index contributed by atoms with van der Waals surface area (Å²) < 4.78 is 1.70. The van der Waals surface area contributed by atoms with E-state index in [2.05, 4.69) is 10.3 Å². The summed E-state index contributed by atoms with van der Waals surface area (Å²) in [6, 6.07) is 19.3. The van der Waals surface area contributed by atoms with Crippen LogP contribution in [0.2, 0.25) is 5.02 Å². The first-order valence-corrected chi connectivity index (χ1v) is 9.65. The van der Waals surface area contributed by atoms with E-state index in [9.17, 15) is 9.59 Å². The van der Waals surface area contributed by atoms with Gasteiger partial charge >= 0.3 is 0 Å². The molecule has 1 amide bonds. The number of hydrogen-bond donors (Lipinski definition) is 2. The van der Waals surface area contributed by atoms with E-state index in [1.807, 2.05) is 37.3 Å². The van der Waals surface area contributed by atoms with E-state index in [1.54, 1.807) is 36.4 Å². The van der Waals surface area contributed by atoms with E-state index in [0.29, 0.717) is 32.9 Å². The number of fused-ring (bicyclic) bond motifs is 1. The summed E-state index contributed by atoms with van der Waals surface area (Å²) in [4.78, 5) is 28.7. The standard InChI is InChI=1S/C22H16ClN3O2S/c1-13-11-15(23)8-10-18(13)24-20(27)14-7-9-17-19(12-14)25-22(29)26(21(17)28)16-5-3-2-4-6-16/h2-12H,1H3,(H,24,27)(H,25,29). The van der Waals surface area contributed by atoms with Crippen molar-refractivity contribution in [3.63, 3.8) is 0 Å². The number of carbonyl (C=O) groups excluding carboxylic acids is 1. The van der Waals surface area contributed by atoms with E-state index in [0.717, 1.165) is 5.56 Å². The number of nitrogens with one attached hydrogen (secondary N) is 2. The summed E-state index contributed by atoms with van der Waals surface area (Å²) in [5.74, 6) is -0.288. The lowest BCUT2D eigenvalue weighted by molar-refractivity contribution is 0.102.